The van der Waals surface area contributed by atoms with Crippen LogP contribution in [-0.2, 0) is 0 Å². The van der Waals surface area contributed by atoms with E-state index in [2.05, 4.69) is 5.10 Å². The monoisotopic (exact) mass is 194 g/mol. The van der Waals surface area contributed by atoms with Crippen LogP contribution in [0.3, 0.4) is 0 Å². The Hall–Kier alpha value is -2.24. The molecule has 1 rings (SSSR count). The summed E-state index contributed by atoms with van der Waals surface area (Å²) < 4.78 is 0. The number of hydrogen-bond donors (Lipinski definition) is 4. The molecule has 0 unspecified atom stereocenters. The van der Waals surface area contributed by atoms with Crippen molar-refractivity contribution >= 4 is 17.9 Å². The van der Waals surface area contributed by atoms with Crippen molar-refractivity contribution in [1.82, 2.24) is 5.43 Å². The highest BCUT2D eigenvalue weighted by atomic mass is 16.3. The number of nitrogen functional groups attached to an aromatic ring is 1. The number of amides is 2. The van der Waals surface area contributed by atoms with Crippen LogP contribution in [0.1, 0.15) is 5.56 Å². The lowest BCUT2D eigenvalue weighted by molar-refractivity contribution is 0.249. The zero-order chi connectivity index (χ0) is 10.6. The van der Waals surface area contributed by atoms with Crippen molar-refractivity contribution in [3.8, 4) is 5.75 Å². The topological polar surface area (TPSA) is 114 Å². The molecule has 0 bridgehead atoms. The summed E-state index contributed by atoms with van der Waals surface area (Å²) in [6.45, 7) is 0. The molecule has 0 fully saturated rings. The number of carbonyl (C=O) groups is 1. The highest BCUT2D eigenvalue weighted by Gasteiger charge is 1.97. The van der Waals surface area contributed by atoms with E-state index in [0.29, 0.717) is 11.3 Å². The van der Waals surface area contributed by atoms with Crippen LogP contribution >= 0.6 is 0 Å². The molecule has 0 atom stereocenters. The Kier molecular flexibility index (Phi) is 2.90. The smallest absolute Gasteiger partial charge is 0.332 e. The Morgan fingerprint density at radius 2 is 2.29 bits per heavy atom. The molecule has 0 aliphatic carbocycles. The maximum absolute atomic E-state index is 10.3. The van der Waals surface area contributed by atoms with E-state index in [1.165, 1.54) is 18.3 Å². The number of phenols is 1. The first kappa shape index (κ1) is 9.85. The third kappa shape index (κ3) is 2.67. The van der Waals surface area contributed by atoms with Gasteiger partial charge in [0.2, 0.25) is 0 Å². The van der Waals surface area contributed by atoms with Gasteiger partial charge in [0.05, 0.1) is 6.21 Å². The van der Waals surface area contributed by atoms with Crippen LogP contribution in [0.4, 0.5) is 10.5 Å². The van der Waals surface area contributed by atoms with E-state index >= 15 is 0 Å². The molecule has 14 heavy (non-hydrogen) atoms. The summed E-state index contributed by atoms with van der Waals surface area (Å²) >= 11 is 0. The highest BCUT2D eigenvalue weighted by molar-refractivity contribution is 5.85. The number of nitrogens with zero attached hydrogens (tertiary/aromatic N) is 1. The van der Waals surface area contributed by atoms with Gasteiger partial charge in [0, 0.05) is 11.3 Å². The molecule has 2 amide bonds. The van der Waals surface area contributed by atoms with Crippen molar-refractivity contribution in [2.24, 2.45) is 10.8 Å². The standard InChI is InChI=1S/C8H10N4O2/c9-6-1-2-7(13)5(3-6)4-11-12-8(10)14/h1-4,13H,9H2,(H3,10,12,14). The number of rotatable bonds is 2. The zero-order valence-corrected chi connectivity index (χ0v) is 7.27. The van der Waals surface area contributed by atoms with Gasteiger partial charge < -0.3 is 16.6 Å². The van der Waals surface area contributed by atoms with Gasteiger partial charge in [-0.05, 0) is 18.2 Å². The quantitative estimate of drug-likeness (QED) is 0.229. The molecule has 6 N–H and O–H groups in total. The van der Waals surface area contributed by atoms with Gasteiger partial charge in [-0.1, -0.05) is 0 Å². The van der Waals surface area contributed by atoms with Crippen molar-refractivity contribution in [3.05, 3.63) is 23.8 Å². The molecule has 6 nitrogen and oxygen atoms in total. The lowest BCUT2D eigenvalue weighted by Crippen LogP contribution is -2.24. The molecule has 0 heterocycles. The lowest BCUT2D eigenvalue weighted by Gasteiger charge is -1.99. The summed E-state index contributed by atoms with van der Waals surface area (Å²) in [6, 6.07) is 3.72. The lowest BCUT2D eigenvalue weighted by atomic mass is 10.2. The summed E-state index contributed by atoms with van der Waals surface area (Å²) in [5.41, 5.74) is 13.1. The molecule has 0 aromatic heterocycles. The van der Waals surface area contributed by atoms with Crippen molar-refractivity contribution in [3.63, 3.8) is 0 Å². The van der Waals surface area contributed by atoms with Crippen molar-refractivity contribution in [2.45, 2.75) is 0 Å². The van der Waals surface area contributed by atoms with Crippen LogP contribution in [0.5, 0.6) is 5.75 Å². The minimum atomic E-state index is -0.773. The SMILES string of the molecule is NC(=O)NN=Cc1cc(N)ccc1O. The summed E-state index contributed by atoms with van der Waals surface area (Å²) in [4.78, 5) is 10.3. The van der Waals surface area contributed by atoms with E-state index < -0.39 is 6.03 Å². The Balaban J connectivity index is 2.80. The van der Waals surface area contributed by atoms with E-state index in [0.717, 1.165) is 0 Å². The Morgan fingerprint density at radius 3 is 2.93 bits per heavy atom. The average Bonchev–Trinajstić information content (AvgIpc) is 2.10. The number of hydrogen-bond acceptors (Lipinski definition) is 4. The molecule has 0 aliphatic rings. The third-order valence-corrected chi connectivity index (χ3v) is 1.43. The van der Waals surface area contributed by atoms with Crippen LogP contribution < -0.4 is 16.9 Å². The number of nitrogens with one attached hydrogen (secondary N) is 1. The van der Waals surface area contributed by atoms with Gasteiger partial charge in [-0.15, -0.1) is 0 Å². The van der Waals surface area contributed by atoms with Gasteiger partial charge in [-0.25, -0.2) is 10.2 Å². The molecule has 1 aromatic rings. The molecule has 0 saturated carbocycles. The van der Waals surface area contributed by atoms with Crippen molar-refractivity contribution in [1.29, 1.82) is 0 Å². The first-order valence-electron chi connectivity index (χ1n) is 3.76. The number of primary amides is 1. The number of carbonyl (C=O) groups excluding carboxylic acids is 1. The fourth-order valence-electron chi connectivity index (χ4n) is 0.842. The largest absolute Gasteiger partial charge is 0.507 e. The molecule has 0 radical (unpaired) electrons. The Morgan fingerprint density at radius 1 is 1.57 bits per heavy atom. The Labute approximate surface area is 80.2 Å². The number of phenolic OH excluding ortho intramolecular Hbond substituents is 1. The maximum Gasteiger partial charge on any atom is 0.332 e. The van der Waals surface area contributed by atoms with Gasteiger partial charge >= 0.3 is 6.03 Å². The molecular formula is C8H10N4O2. The third-order valence-electron chi connectivity index (χ3n) is 1.43. The molecular weight excluding hydrogens is 184 g/mol. The second-order valence-electron chi connectivity index (χ2n) is 2.55. The van der Waals surface area contributed by atoms with Crippen molar-refractivity contribution in [2.75, 3.05) is 5.73 Å². The van der Waals surface area contributed by atoms with E-state index in [9.17, 15) is 9.90 Å². The second-order valence-corrected chi connectivity index (χ2v) is 2.55. The first-order chi connectivity index (χ1) is 6.59. The van der Waals surface area contributed by atoms with Gasteiger partial charge in [0.15, 0.2) is 0 Å². The summed E-state index contributed by atoms with van der Waals surface area (Å²) in [6.07, 6.45) is 1.25. The molecule has 0 spiro atoms. The Bertz CT molecular complexity index is 376. The number of hydrazone groups is 1. The van der Waals surface area contributed by atoms with E-state index in [1.807, 2.05) is 5.43 Å². The van der Waals surface area contributed by atoms with Crippen LogP contribution in [0, 0.1) is 0 Å². The second kappa shape index (κ2) is 4.13. The fourth-order valence-corrected chi connectivity index (χ4v) is 0.842. The molecule has 1 aromatic carbocycles. The highest BCUT2D eigenvalue weighted by Crippen LogP contribution is 2.17. The van der Waals surface area contributed by atoms with Gasteiger partial charge in [0.1, 0.15) is 5.75 Å². The predicted octanol–water partition coefficient (Wildman–Crippen LogP) is -0.0234. The summed E-state index contributed by atoms with van der Waals surface area (Å²) in [5, 5.41) is 12.8. The fraction of sp³-hybridized carbons (Fsp3) is 0. The number of anilines is 1. The average molecular weight is 194 g/mol. The van der Waals surface area contributed by atoms with E-state index in [4.69, 9.17) is 11.5 Å². The van der Waals surface area contributed by atoms with E-state index in [1.54, 1.807) is 6.07 Å². The minimum absolute atomic E-state index is 0.0224. The number of nitrogens with two attached hydrogens (primary N) is 2. The number of benzene rings is 1. The summed E-state index contributed by atoms with van der Waals surface area (Å²) in [7, 11) is 0. The van der Waals surface area contributed by atoms with Gasteiger partial charge in [0.25, 0.3) is 0 Å². The zero-order valence-electron chi connectivity index (χ0n) is 7.27. The molecule has 0 aliphatic heterocycles. The van der Waals surface area contributed by atoms with Crippen molar-refractivity contribution < 1.29 is 9.90 Å². The molecule has 74 valence electrons. The normalized spacial score (nSPS) is 10.3. The van der Waals surface area contributed by atoms with Crippen LogP contribution in [-0.4, -0.2) is 17.4 Å². The van der Waals surface area contributed by atoms with Gasteiger partial charge in [-0.2, -0.15) is 5.10 Å². The molecule has 6 heteroatoms. The maximum atomic E-state index is 10.3. The van der Waals surface area contributed by atoms with E-state index in [-0.39, 0.29) is 5.75 Å². The van der Waals surface area contributed by atoms with Crippen LogP contribution in [0.15, 0.2) is 23.3 Å². The number of aromatic hydroxyl groups is 1. The first-order valence-corrected chi connectivity index (χ1v) is 3.76. The molecule has 0 saturated heterocycles. The summed E-state index contributed by atoms with van der Waals surface area (Å²) in [5.74, 6) is 0.0224. The minimum Gasteiger partial charge on any atom is -0.507 e. The van der Waals surface area contributed by atoms with Gasteiger partial charge in [-0.3, -0.25) is 0 Å². The number of urea groups is 1. The van der Waals surface area contributed by atoms with Crippen LogP contribution in [0.2, 0.25) is 0 Å². The predicted molar refractivity (Wildman–Crippen MR) is 52.8 cm³/mol. The van der Waals surface area contributed by atoms with Crippen LogP contribution in [0.25, 0.3) is 0 Å².